The van der Waals surface area contributed by atoms with Gasteiger partial charge in [0.05, 0.1) is 11.0 Å². The van der Waals surface area contributed by atoms with Crippen molar-refractivity contribution in [3.05, 3.63) is 28.7 Å². The van der Waals surface area contributed by atoms with Crippen LogP contribution in [-0.2, 0) is 11.2 Å². The van der Waals surface area contributed by atoms with Gasteiger partial charge in [-0.05, 0) is 6.42 Å². The third-order valence-corrected chi connectivity index (χ3v) is 3.07. The van der Waals surface area contributed by atoms with Crippen LogP contribution in [0.25, 0.3) is 0 Å². The predicted octanol–water partition coefficient (Wildman–Crippen LogP) is 0.403. The molecule has 0 bridgehead atoms. The van der Waals surface area contributed by atoms with E-state index in [1.807, 2.05) is 0 Å². The summed E-state index contributed by atoms with van der Waals surface area (Å²) in [5.41, 5.74) is 5.61. The van der Waals surface area contributed by atoms with Crippen LogP contribution in [-0.4, -0.2) is 34.6 Å². The summed E-state index contributed by atoms with van der Waals surface area (Å²) in [6, 6.07) is -0.589. The number of hydrogen-bond donors (Lipinski definition) is 3. The van der Waals surface area contributed by atoms with Gasteiger partial charge in [-0.2, -0.15) is 0 Å². The Morgan fingerprint density at radius 1 is 1.67 bits per heavy atom. The standard InChI is InChI=1S/C11H15N3O3S/c1-2-3-7(12)10(15)13-5-4-9-14-8(6-18-9)11(16)17/h2,6-7H,1,3-5,12H2,(H,13,15)(H,16,17). The maximum absolute atomic E-state index is 11.4. The molecule has 6 nitrogen and oxygen atoms in total. The normalized spacial score (nSPS) is 11.8. The highest BCUT2D eigenvalue weighted by Crippen LogP contribution is 2.09. The van der Waals surface area contributed by atoms with Crippen molar-refractivity contribution in [3.8, 4) is 0 Å². The third kappa shape index (κ3) is 4.27. The number of carboxylic acids is 1. The number of hydrogen-bond acceptors (Lipinski definition) is 5. The van der Waals surface area contributed by atoms with Gasteiger partial charge in [-0.15, -0.1) is 17.9 Å². The largest absolute Gasteiger partial charge is 0.476 e. The summed E-state index contributed by atoms with van der Waals surface area (Å²) in [5, 5.41) is 13.5. The lowest BCUT2D eigenvalue weighted by Crippen LogP contribution is -2.40. The number of nitrogens with one attached hydrogen (secondary N) is 1. The van der Waals surface area contributed by atoms with Crippen LogP contribution >= 0.6 is 11.3 Å². The van der Waals surface area contributed by atoms with Gasteiger partial charge < -0.3 is 16.2 Å². The van der Waals surface area contributed by atoms with Gasteiger partial charge in [0.15, 0.2) is 5.69 Å². The summed E-state index contributed by atoms with van der Waals surface area (Å²) < 4.78 is 0. The number of aromatic nitrogens is 1. The smallest absolute Gasteiger partial charge is 0.355 e. The Morgan fingerprint density at radius 3 is 2.94 bits per heavy atom. The Hall–Kier alpha value is -1.73. The fourth-order valence-electron chi connectivity index (χ4n) is 1.23. The monoisotopic (exact) mass is 269 g/mol. The minimum atomic E-state index is -1.05. The third-order valence-electron chi connectivity index (χ3n) is 2.17. The molecule has 1 atom stereocenters. The van der Waals surface area contributed by atoms with Gasteiger partial charge in [0.25, 0.3) is 0 Å². The van der Waals surface area contributed by atoms with Crippen molar-refractivity contribution < 1.29 is 14.7 Å². The van der Waals surface area contributed by atoms with E-state index in [-0.39, 0.29) is 11.6 Å². The lowest BCUT2D eigenvalue weighted by molar-refractivity contribution is -0.122. The molecule has 1 rings (SSSR count). The number of carboxylic acid groups (broad SMARTS) is 1. The maximum Gasteiger partial charge on any atom is 0.355 e. The van der Waals surface area contributed by atoms with E-state index in [9.17, 15) is 9.59 Å². The molecular weight excluding hydrogens is 254 g/mol. The van der Waals surface area contributed by atoms with Gasteiger partial charge in [0.2, 0.25) is 5.91 Å². The fraction of sp³-hybridized carbons (Fsp3) is 0.364. The number of nitrogens with zero attached hydrogens (tertiary/aromatic N) is 1. The van der Waals surface area contributed by atoms with E-state index in [4.69, 9.17) is 10.8 Å². The highest BCUT2D eigenvalue weighted by molar-refractivity contribution is 7.09. The molecule has 1 aromatic rings. The van der Waals surface area contributed by atoms with Crippen LogP contribution in [0, 0.1) is 0 Å². The maximum atomic E-state index is 11.4. The Morgan fingerprint density at radius 2 is 2.39 bits per heavy atom. The van der Waals surface area contributed by atoms with Gasteiger partial charge in [-0.1, -0.05) is 6.08 Å². The molecule has 0 aromatic carbocycles. The average Bonchev–Trinajstić information content (AvgIpc) is 2.78. The van der Waals surface area contributed by atoms with Crippen LogP contribution in [0.4, 0.5) is 0 Å². The molecule has 0 fully saturated rings. The van der Waals surface area contributed by atoms with Gasteiger partial charge in [0, 0.05) is 18.3 Å². The molecule has 7 heteroatoms. The average molecular weight is 269 g/mol. The van der Waals surface area contributed by atoms with E-state index in [1.165, 1.54) is 16.7 Å². The molecule has 1 heterocycles. The summed E-state index contributed by atoms with van der Waals surface area (Å²) in [7, 11) is 0. The van der Waals surface area contributed by atoms with Gasteiger partial charge in [-0.3, -0.25) is 4.79 Å². The molecule has 18 heavy (non-hydrogen) atoms. The lowest BCUT2D eigenvalue weighted by Gasteiger charge is -2.09. The highest BCUT2D eigenvalue weighted by atomic mass is 32.1. The molecule has 98 valence electrons. The van der Waals surface area contributed by atoms with Gasteiger partial charge in [0.1, 0.15) is 0 Å². The predicted molar refractivity (Wildman–Crippen MR) is 68.6 cm³/mol. The quantitative estimate of drug-likeness (QED) is 0.621. The summed E-state index contributed by atoms with van der Waals surface area (Å²) in [5.74, 6) is -1.29. The first kappa shape index (κ1) is 14.3. The van der Waals surface area contributed by atoms with Crippen molar-refractivity contribution in [2.45, 2.75) is 18.9 Å². The first-order valence-electron chi connectivity index (χ1n) is 5.36. The van der Waals surface area contributed by atoms with Crippen LogP contribution in [0.1, 0.15) is 21.9 Å². The fourth-order valence-corrected chi connectivity index (χ4v) is 2.01. The molecule has 4 N–H and O–H groups in total. The summed E-state index contributed by atoms with van der Waals surface area (Å²) >= 11 is 1.26. The Balaban J connectivity index is 2.34. The van der Waals surface area contributed by atoms with Gasteiger partial charge in [-0.25, -0.2) is 9.78 Å². The van der Waals surface area contributed by atoms with Crippen molar-refractivity contribution in [3.63, 3.8) is 0 Å². The molecule has 0 saturated heterocycles. The van der Waals surface area contributed by atoms with E-state index in [0.29, 0.717) is 24.4 Å². The minimum Gasteiger partial charge on any atom is -0.476 e. The van der Waals surface area contributed by atoms with E-state index >= 15 is 0 Å². The van der Waals surface area contributed by atoms with Crippen molar-refractivity contribution in [1.82, 2.24) is 10.3 Å². The topological polar surface area (TPSA) is 105 Å². The number of thiazole rings is 1. The van der Waals surface area contributed by atoms with Crippen LogP contribution in [0.15, 0.2) is 18.0 Å². The minimum absolute atomic E-state index is 0.0321. The second-order valence-corrected chi connectivity index (χ2v) is 4.55. The number of rotatable bonds is 7. The summed E-state index contributed by atoms with van der Waals surface area (Å²) in [6.07, 6.45) is 2.50. The van der Waals surface area contributed by atoms with Crippen LogP contribution in [0.5, 0.6) is 0 Å². The summed E-state index contributed by atoms with van der Waals surface area (Å²) in [4.78, 5) is 26.0. The number of aromatic carboxylic acids is 1. The van der Waals surface area contributed by atoms with E-state index in [1.54, 1.807) is 6.08 Å². The molecule has 1 unspecified atom stereocenters. The van der Waals surface area contributed by atoms with Crippen LogP contribution in [0.2, 0.25) is 0 Å². The summed E-state index contributed by atoms with van der Waals surface area (Å²) in [6.45, 7) is 3.89. The van der Waals surface area contributed by atoms with E-state index in [2.05, 4.69) is 16.9 Å². The Kier molecular flexibility index (Phi) is 5.47. The number of nitrogens with two attached hydrogens (primary N) is 1. The molecule has 1 amide bonds. The van der Waals surface area contributed by atoms with Crippen LogP contribution in [0.3, 0.4) is 0 Å². The molecule has 0 aliphatic heterocycles. The van der Waals surface area contributed by atoms with Crippen molar-refractivity contribution >= 4 is 23.2 Å². The zero-order valence-corrected chi connectivity index (χ0v) is 10.6. The Labute approximate surface area is 109 Å². The van der Waals surface area contributed by atoms with E-state index < -0.39 is 12.0 Å². The molecular formula is C11H15N3O3S. The Bertz CT molecular complexity index is 444. The van der Waals surface area contributed by atoms with Gasteiger partial charge >= 0.3 is 5.97 Å². The second-order valence-electron chi connectivity index (χ2n) is 3.60. The van der Waals surface area contributed by atoms with Crippen molar-refractivity contribution in [2.75, 3.05) is 6.54 Å². The molecule has 0 spiro atoms. The molecule has 1 aromatic heterocycles. The number of carbonyl (C=O) groups excluding carboxylic acids is 1. The zero-order chi connectivity index (χ0) is 13.5. The SMILES string of the molecule is C=CCC(N)C(=O)NCCc1nc(C(=O)O)cs1. The second kappa shape index (κ2) is 6.87. The molecule has 0 aliphatic carbocycles. The van der Waals surface area contributed by atoms with Crippen LogP contribution < -0.4 is 11.1 Å². The molecule has 0 radical (unpaired) electrons. The lowest BCUT2D eigenvalue weighted by atomic mass is 10.2. The number of carbonyl (C=O) groups is 2. The first-order chi connectivity index (χ1) is 8.54. The zero-order valence-electron chi connectivity index (χ0n) is 9.76. The van der Waals surface area contributed by atoms with E-state index in [0.717, 1.165) is 0 Å². The first-order valence-corrected chi connectivity index (χ1v) is 6.24. The van der Waals surface area contributed by atoms with Crippen molar-refractivity contribution in [2.24, 2.45) is 5.73 Å². The van der Waals surface area contributed by atoms with Crippen molar-refractivity contribution in [1.29, 1.82) is 0 Å². The number of amides is 1. The molecule has 0 aliphatic rings. The molecule has 0 saturated carbocycles. The highest BCUT2D eigenvalue weighted by Gasteiger charge is 2.12.